The number of rotatable bonds is 4. The van der Waals surface area contributed by atoms with Crippen LogP contribution in [0.3, 0.4) is 0 Å². The average molecular weight is 374 g/mol. The third-order valence-electron chi connectivity index (χ3n) is 4.47. The lowest BCUT2D eigenvalue weighted by Crippen LogP contribution is -2.32. The van der Waals surface area contributed by atoms with Gasteiger partial charge in [0.25, 0.3) is 0 Å². The second-order valence-corrected chi connectivity index (χ2v) is 6.32. The van der Waals surface area contributed by atoms with Gasteiger partial charge in [0.15, 0.2) is 0 Å². The van der Waals surface area contributed by atoms with E-state index in [4.69, 9.17) is 10.8 Å². The lowest BCUT2D eigenvalue weighted by Gasteiger charge is -2.17. The Kier molecular flexibility index (Phi) is 4.89. The van der Waals surface area contributed by atoms with Crippen molar-refractivity contribution in [2.24, 2.45) is 5.73 Å². The van der Waals surface area contributed by atoms with Crippen LogP contribution in [0.5, 0.6) is 0 Å². The molecule has 0 radical (unpaired) electrons. The van der Waals surface area contributed by atoms with E-state index in [-0.39, 0.29) is 17.7 Å². The largest absolute Gasteiger partial charge is 0.480 e. The molecule has 140 valence electrons. The highest BCUT2D eigenvalue weighted by Crippen LogP contribution is 2.40. The number of pyridine rings is 1. The van der Waals surface area contributed by atoms with E-state index in [2.05, 4.69) is 4.98 Å². The fourth-order valence-electron chi connectivity index (χ4n) is 3.19. The molecule has 0 amide bonds. The number of aryl methyl sites for hydroxylation is 1. The predicted molar refractivity (Wildman–Crippen MR) is 96.2 cm³/mol. The summed E-state index contributed by atoms with van der Waals surface area (Å²) in [5, 5.41) is 10.3. The first-order valence-corrected chi connectivity index (χ1v) is 8.22. The average Bonchev–Trinajstić information content (AvgIpc) is 2.60. The van der Waals surface area contributed by atoms with Crippen molar-refractivity contribution < 1.29 is 23.1 Å². The Hall–Kier alpha value is -2.93. The van der Waals surface area contributed by atoms with Gasteiger partial charge in [0.05, 0.1) is 11.3 Å². The fraction of sp³-hybridized carbons (Fsp3) is 0.200. The SMILES string of the molecule is Cc1ccnc(-c2ccc(CC(N)C(=O)O)c3ccccc23)c1C(F)(F)F. The summed E-state index contributed by atoms with van der Waals surface area (Å²) < 4.78 is 40.8. The zero-order valence-electron chi connectivity index (χ0n) is 14.4. The first kappa shape index (κ1) is 18.8. The van der Waals surface area contributed by atoms with Crippen LogP contribution in [-0.4, -0.2) is 22.1 Å². The van der Waals surface area contributed by atoms with E-state index in [9.17, 15) is 18.0 Å². The second-order valence-electron chi connectivity index (χ2n) is 6.32. The van der Waals surface area contributed by atoms with Crippen molar-refractivity contribution in [2.45, 2.75) is 25.6 Å². The Bertz CT molecular complexity index is 1020. The summed E-state index contributed by atoms with van der Waals surface area (Å²) in [6.07, 6.45) is -3.12. The van der Waals surface area contributed by atoms with Crippen molar-refractivity contribution in [3.63, 3.8) is 0 Å². The minimum atomic E-state index is -4.54. The fourth-order valence-corrected chi connectivity index (χ4v) is 3.19. The van der Waals surface area contributed by atoms with E-state index in [1.54, 1.807) is 36.4 Å². The molecule has 3 N–H and O–H groups in total. The molecular weight excluding hydrogens is 357 g/mol. The summed E-state index contributed by atoms with van der Waals surface area (Å²) in [5.41, 5.74) is 5.80. The molecule has 0 saturated carbocycles. The Morgan fingerprint density at radius 1 is 1.15 bits per heavy atom. The maximum absolute atomic E-state index is 13.6. The van der Waals surface area contributed by atoms with Gasteiger partial charge in [-0.3, -0.25) is 9.78 Å². The molecule has 0 aliphatic rings. The number of fused-ring (bicyclic) bond motifs is 1. The van der Waals surface area contributed by atoms with Gasteiger partial charge in [-0.2, -0.15) is 13.2 Å². The molecule has 27 heavy (non-hydrogen) atoms. The molecule has 0 bridgehead atoms. The summed E-state index contributed by atoms with van der Waals surface area (Å²) in [6, 6.07) is 10.3. The van der Waals surface area contributed by atoms with Gasteiger partial charge in [0.1, 0.15) is 6.04 Å². The van der Waals surface area contributed by atoms with Gasteiger partial charge in [-0.1, -0.05) is 36.4 Å². The number of halogens is 3. The van der Waals surface area contributed by atoms with Crippen LogP contribution in [-0.2, 0) is 17.4 Å². The number of benzene rings is 2. The Labute approximate surface area is 153 Å². The monoisotopic (exact) mass is 374 g/mol. The van der Waals surface area contributed by atoms with Crippen LogP contribution in [0.2, 0.25) is 0 Å². The van der Waals surface area contributed by atoms with Crippen LogP contribution in [0.1, 0.15) is 16.7 Å². The highest BCUT2D eigenvalue weighted by atomic mass is 19.4. The number of carboxylic acids is 1. The molecule has 0 aliphatic heterocycles. The molecule has 1 aromatic heterocycles. The van der Waals surface area contributed by atoms with Crippen molar-refractivity contribution in [1.82, 2.24) is 4.98 Å². The summed E-state index contributed by atoms with van der Waals surface area (Å²) in [6.45, 7) is 1.40. The topological polar surface area (TPSA) is 76.2 Å². The number of nitrogens with zero attached hydrogens (tertiary/aromatic N) is 1. The molecule has 7 heteroatoms. The lowest BCUT2D eigenvalue weighted by atomic mass is 9.92. The van der Waals surface area contributed by atoms with Crippen molar-refractivity contribution in [3.8, 4) is 11.3 Å². The van der Waals surface area contributed by atoms with Gasteiger partial charge in [-0.05, 0) is 41.3 Å². The number of alkyl halides is 3. The summed E-state index contributed by atoms with van der Waals surface area (Å²) in [7, 11) is 0. The molecule has 0 spiro atoms. The van der Waals surface area contributed by atoms with Crippen molar-refractivity contribution in [3.05, 3.63) is 65.4 Å². The number of nitrogens with two attached hydrogens (primary N) is 1. The smallest absolute Gasteiger partial charge is 0.418 e. The molecule has 2 aromatic carbocycles. The normalized spacial score (nSPS) is 12.9. The number of aliphatic carboxylic acids is 1. The molecule has 0 fully saturated rings. The Morgan fingerprint density at radius 2 is 1.81 bits per heavy atom. The van der Waals surface area contributed by atoms with Crippen LogP contribution in [0.4, 0.5) is 13.2 Å². The highest BCUT2D eigenvalue weighted by molar-refractivity contribution is 5.98. The van der Waals surface area contributed by atoms with Gasteiger partial charge < -0.3 is 10.8 Å². The molecule has 1 atom stereocenters. The maximum atomic E-state index is 13.6. The molecule has 1 unspecified atom stereocenters. The van der Waals surface area contributed by atoms with Crippen molar-refractivity contribution >= 4 is 16.7 Å². The Balaban J connectivity index is 2.25. The standard InChI is InChI=1S/C20H17F3N2O2/c1-11-8-9-25-18(17(11)20(21,22)23)15-7-6-12(10-16(24)19(26)27)13-4-2-3-5-14(13)15/h2-9,16H,10,24H2,1H3,(H,26,27). The number of hydrogen-bond donors (Lipinski definition) is 2. The summed E-state index contributed by atoms with van der Waals surface area (Å²) in [5.74, 6) is -1.14. The van der Waals surface area contributed by atoms with Crippen molar-refractivity contribution in [2.75, 3.05) is 0 Å². The quantitative estimate of drug-likeness (QED) is 0.718. The van der Waals surface area contributed by atoms with Crippen molar-refractivity contribution in [1.29, 1.82) is 0 Å². The third kappa shape index (κ3) is 3.64. The molecule has 3 aromatic rings. The summed E-state index contributed by atoms with van der Waals surface area (Å²) in [4.78, 5) is 15.1. The third-order valence-corrected chi connectivity index (χ3v) is 4.47. The molecular formula is C20H17F3N2O2. The highest BCUT2D eigenvalue weighted by Gasteiger charge is 2.36. The second kappa shape index (κ2) is 7.00. The van der Waals surface area contributed by atoms with Crippen LogP contribution in [0.25, 0.3) is 22.0 Å². The van der Waals surface area contributed by atoms with Gasteiger partial charge in [0.2, 0.25) is 0 Å². The van der Waals surface area contributed by atoms with Crippen LogP contribution in [0.15, 0.2) is 48.7 Å². The van der Waals surface area contributed by atoms with Gasteiger partial charge in [0, 0.05) is 11.8 Å². The molecule has 1 heterocycles. The minimum Gasteiger partial charge on any atom is -0.480 e. The van der Waals surface area contributed by atoms with E-state index in [0.717, 1.165) is 0 Å². The summed E-state index contributed by atoms with van der Waals surface area (Å²) >= 11 is 0. The van der Waals surface area contributed by atoms with Gasteiger partial charge in [-0.15, -0.1) is 0 Å². The first-order chi connectivity index (χ1) is 12.7. The van der Waals surface area contributed by atoms with E-state index in [1.165, 1.54) is 19.2 Å². The van der Waals surface area contributed by atoms with Gasteiger partial charge >= 0.3 is 12.1 Å². The van der Waals surface area contributed by atoms with Gasteiger partial charge in [-0.25, -0.2) is 0 Å². The first-order valence-electron chi connectivity index (χ1n) is 8.22. The number of aromatic nitrogens is 1. The Morgan fingerprint density at radius 3 is 2.44 bits per heavy atom. The number of hydrogen-bond acceptors (Lipinski definition) is 3. The van der Waals surface area contributed by atoms with E-state index < -0.39 is 23.8 Å². The van der Waals surface area contributed by atoms with E-state index in [0.29, 0.717) is 21.9 Å². The number of carbonyl (C=O) groups is 1. The molecule has 3 rings (SSSR count). The van der Waals surface area contributed by atoms with Crippen LogP contribution in [0, 0.1) is 6.92 Å². The van der Waals surface area contributed by atoms with Crippen LogP contribution < -0.4 is 5.73 Å². The lowest BCUT2D eigenvalue weighted by molar-refractivity contribution is -0.139. The van der Waals surface area contributed by atoms with E-state index >= 15 is 0 Å². The van der Waals surface area contributed by atoms with E-state index in [1.807, 2.05) is 0 Å². The van der Waals surface area contributed by atoms with Crippen LogP contribution >= 0.6 is 0 Å². The zero-order valence-corrected chi connectivity index (χ0v) is 14.4. The zero-order chi connectivity index (χ0) is 19.8. The molecule has 0 aliphatic carbocycles. The predicted octanol–water partition coefficient (Wildman–Crippen LogP) is 4.18. The molecule has 4 nitrogen and oxygen atoms in total. The maximum Gasteiger partial charge on any atom is 0.418 e. The molecule has 0 saturated heterocycles. The number of carboxylic acid groups (broad SMARTS) is 1. The minimum absolute atomic E-state index is 0.0729.